The summed E-state index contributed by atoms with van der Waals surface area (Å²) in [5, 5.41) is 9.12. The average Bonchev–Trinajstić information content (AvgIpc) is 3.10. The molecule has 1 aliphatic carbocycles. The lowest BCUT2D eigenvalue weighted by molar-refractivity contribution is 0.280. The normalized spacial score (nSPS) is 16.1. The Balaban J connectivity index is 2.19. The van der Waals surface area contributed by atoms with Gasteiger partial charge >= 0.3 is 0 Å². The smallest absolute Gasteiger partial charge is 0.240 e. The van der Waals surface area contributed by atoms with Crippen LogP contribution < -0.4 is 4.72 Å². The van der Waals surface area contributed by atoms with Gasteiger partial charge in [-0.15, -0.1) is 0 Å². The maximum atomic E-state index is 12.0. The Labute approximate surface area is 102 Å². The van der Waals surface area contributed by atoms with Gasteiger partial charge in [0.25, 0.3) is 0 Å². The summed E-state index contributed by atoms with van der Waals surface area (Å²) in [7, 11) is -3.43. The van der Waals surface area contributed by atoms with Crippen LogP contribution >= 0.6 is 0 Å². The molecule has 1 aliphatic rings. The van der Waals surface area contributed by atoms with Crippen LogP contribution in [0, 0.1) is 12.8 Å². The third kappa shape index (κ3) is 3.06. The number of hydrogen-bond acceptors (Lipinski definition) is 3. The van der Waals surface area contributed by atoms with E-state index in [9.17, 15) is 8.42 Å². The third-order valence-corrected chi connectivity index (χ3v) is 4.48. The van der Waals surface area contributed by atoms with Gasteiger partial charge in [-0.2, -0.15) is 0 Å². The molecule has 0 unspecified atom stereocenters. The topological polar surface area (TPSA) is 66.4 Å². The lowest BCUT2D eigenvalue weighted by Crippen LogP contribution is -2.26. The van der Waals surface area contributed by atoms with Crippen molar-refractivity contribution in [2.45, 2.75) is 31.3 Å². The zero-order valence-corrected chi connectivity index (χ0v) is 10.6. The number of rotatable bonds is 5. The first kappa shape index (κ1) is 12.5. The molecule has 0 aliphatic heterocycles. The van der Waals surface area contributed by atoms with Crippen LogP contribution in [0.5, 0.6) is 0 Å². The van der Waals surface area contributed by atoms with Gasteiger partial charge in [0.1, 0.15) is 0 Å². The number of aryl methyl sites for hydroxylation is 1. The molecule has 0 atom stereocenters. The van der Waals surface area contributed by atoms with Crippen molar-refractivity contribution in [1.29, 1.82) is 0 Å². The van der Waals surface area contributed by atoms with E-state index in [4.69, 9.17) is 5.11 Å². The average molecular weight is 255 g/mol. The zero-order valence-electron chi connectivity index (χ0n) is 9.81. The number of aliphatic hydroxyl groups excluding tert-OH is 1. The summed E-state index contributed by atoms with van der Waals surface area (Å²) in [6.45, 7) is 2.22. The Kier molecular flexibility index (Phi) is 3.51. The molecule has 0 amide bonds. The molecule has 94 valence electrons. The maximum absolute atomic E-state index is 12.0. The predicted molar refractivity (Wildman–Crippen MR) is 65.0 cm³/mol. The first-order valence-corrected chi connectivity index (χ1v) is 7.21. The van der Waals surface area contributed by atoms with E-state index in [1.807, 2.05) is 6.92 Å². The summed E-state index contributed by atoms with van der Waals surface area (Å²) in [4.78, 5) is 0.229. The van der Waals surface area contributed by atoms with Crippen molar-refractivity contribution in [3.8, 4) is 0 Å². The fourth-order valence-corrected chi connectivity index (χ4v) is 2.78. The quantitative estimate of drug-likeness (QED) is 0.830. The highest BCUT2D eigenvalue weighted by Crippen LogP contribution is 2.28. The van der Waals surface area contributed by atoms with Crippen LogP contribution in [-0.4, -0.2) is 20.1 Å². The van der Waals surface area contributed by atoms with Gasteiger partial charge in [-0.1, -0.05) is 6.07 Å². The fraction of sp³-hybridized carbons (Fsp3) is 0.500. The maximum Gasteiger partial charge on any atom is 0.240 e. The Morgan fingerprint density at radius 2 is 2.12 bits per heavy atom. The molecule has 5 heteroatoms. The second-order valence-electron chi connectivity index (χ2n) is 4.54. The van der Waals surface area contributed by atoms with Crippen molar-refractivity contribution in [3.05, 3.63) is 29.3 Å². The summed E-state index contributed by atoms with van der Waals surface area (Å²) >= 11 is 0. The van der Waals surface area contributed by atoms with Crippen molar-refractivity contribution < 1.29 is 13.5 Å². The lowest BCUT2D eigenvalue weighted by Gasteiger charge is -2.09. The molecule has 2 rings (SSSR count). The van der Waals surface area contributed by atoms with Crippen LogP contribution in [0.3, 0.4) is 0 Å². The SMILES string of the molecule is Cc1ccc(S(=O)(=O)NCC2CC2)cc1CO. The molecule has 0 heterocycles. The van der Waals surface area contributed by atoms with Crippen molar-refractivity contribution in [2.24, 2.45) is 5.92 Å². The standard InChI is InChI=1S/C12H17NO3S/c1-9-2-5-12(6-11(9)8-14)17(15,16)13-7-10-3-4-10/h2,5-6,10,13-14H,3-4,7-8H2,1H3. The highest BCUT2D eigenvalue weighted by Gasteiger charge is 2.24. The molecule has 1 aromatic carbocycles. The first-order valence-electron chi connectivity index (χ1n) is 5.73. The van der Waals surface area contributed by atoms with E-state index in [0.29, 0.717) is 18.0 Å². The van der Waals surface area contributed by atoms with Gasteiger partial charge in [-0.05, 0) is 48.9 Å². The van der Waals surface area contributed by atoms with Crippen LogP contribution in [0.15, 0.2) is 23.1 Å². The fourth-order valence-electron chi connectivity index (χ4n) is 1.62. The molecular formula is C12H17NO3S. The summed E-state index contributed by atoms with van der Waals surface area (Å²) in [6.07, 6.45) is 2.22. The van der Waals surface area contributed by atoms with E-state index in [0.717, 1.165) is 18.4 Å². The zero-order chi connectivity index (χ0) is 12.5. The van der Waals surface area contributed by atoms with Gasteiger partial charge in [0, 0.05) is 6.54 Å². The van der Waals surface area contributed by atoms with Gasteiger partial charge in [0.15, 0.2) is 0 Å². The molecule has 0 radical (unpaired) electrons. The summed E-state index contributed by atoms with van der Waals surface area (Å²) < 4.78 is 26.5. The minimum atomic E-state index is -3.43. The largest absolute Gasteiger partial charge is 0.392 e. The highest BCUT2D eigenvalue weighted by molar-refractivity contribution is 7.89. The minimum Gasteiger partial charge on any atom is -0.392 e. The van der Waals surface area contributed by atoms with Crippen LogP contribution in [0.25, 0.3) is 0 Å². The Morgan fingerprint density at radius 1 is 1.41 bits per heavy atom. The molecule has 0 bridgehead atoms. The number of nitrogens with one attached hydrogen (secondary N) is 1. The number of benzene rings is 1. The lowest BCUT2D eigenvalue weighted by atomic mass is 10.1. The van der Waals surface area contributed by atoms with E-state index in [1.54, 1.807) is 12.1 Å². The summed E-state index contributed by atoms with van der Waals surface area (Å²) in [6, 6.07) is 4.82. The van der Waals surface area contributed by atoms with E-state index >= 15 is 0 Å². The Bertz CT molecular complexity index is 506. The van der Waals surface area contributed by atoms with Gasteiger partial charge in [0.05, 0.1) is 11.5 Å². The summed E-state index contributed by atoms with van der Waals surface area (Å²) in [5.74, 6) is 0.507. The van der Waals surface area contributed by atoms with Crippen molar-refractivity contribution in [1.82, 2.24) is 4.72 Å². The Morgan fingerprint density at radius 3 is 2.71 bits per heavy atom. The molecule has 2 N–H and O–H groups in total. The molecule has 0 aromatic heterocycles. The highest BCUT2D eigenvalue weighted by atomic mass is 32.2. The van der Waals surface area contributed by atoms with Crippen LogP contribution in [0.1, 0.15) is 24.0 Å². The summed E-state index contributed by atoms with van der Waals surface area (Å²) in [5.41, 5.74) is 1.55. The van der Waals surface area contributed by atoms with Crippen molar-refractivity contribution >= 4 is 10.0 Å². The minimum absolute atomic E-state index is 0.141. The van der Waals surface area contributed by atoms with Gasteiger partial charge in [0.2, 0.25) is 10.0 Å². The third-order valence-electron chi connectivity index (χ3n) is 3.06. The van der Waals surface area contributed by atoms with Crippen molar-refractivity contribution in [2.75, 3.05) is 6.54 Å². The first-order chi connectivity index (χ1) is 8.03. The van der Waals surface area contributed by atoms with E-state index in [-0.39, 0.29) is 11.5 Å². The van der Waals surface area contributed by atoms with E-state index < -0.39 is 10.0 Å². The predicted octanol–water partition coefficient (Wildman–Crippen LogP) is 1.18. The van der Waals surface area contributed by atoms with Crippen LogP contribution in [0.2, 0.25) is 0 Å². The van der Waals surface area contributed by atoms with Crippen LogP contribution in [0.4, 0.5) is 0 Å². The van der Waals surface area contributed by atoms with E-state index in [2.05, 4.69) is 4.72 Å². The van der Waals surface area contributed by atoms with E-state index in [1.165, 1.54) is 6.07 Å². The molecule has 1 aromatic rings. The number of hydrogen-bond donors (Lipinski definition) is 2. The molecular weight excluding hydrogens is 238 g/mol. The van der Waals surface area contributed by atoms with Crippen LogP contribution in [-0.2, 0) is 16.6 Å². The van der Waals surface area contributed by atoms with Gasteiger partial charge < -0.3 is 5.11 Å². The molecule has 1 fully saturated rings. The molecule has 0 spiro atoms. The number of sulfonamides is 1. The van der Waals surface area contributed by atoms with Gasteiger partial charge in [-0.3, -0.25) is 0 Å². The second-order valence-corrected chi connectivity index (χ2v) is 6.31. The molecule has 1 saturated carbocycles. The monoisotopic (exact) mass is 255 g/mol. The molecule has 17 heavy (non-hydrogen) atoms. The number of aliphatic hydroxyl groups is 1. The van der Waals surface area contributed by atoms with Crippen molar-refractivity contribution in [3.63, 3.8) is 0 Å². The molecule has 0 saturated heterocycles. The molecule has 4 nitrogen and oxygen atoms in total. The van der Waals surface area contributed by atoms with Gasteiger partial charge in [-0.25, -0.2) is 13.1 Å². The Hall–Kier alpha value is -0.910. The second kappa shape index (κ2) is 4.76.